The zero-order valence-corrected chi connectivity index (χ0v) is 16.3. The normalized spacial score (nSPS) is 11.9. The van der Waals surface area contributed by atoms with Gasteiger partial charge in [-0.15, -0.1) is 0 Å². The van der Waals surface area contributed by atoms with Crippen molar-refractivity contribution in [1.29, 1.82) is 0 Å². The van der Waals surface area contributed by atoms with Crippen LogP contribution in [0.2, 0.25) is 0 Å². The first kappa shape index (κ1) is 18.4. The van der Waals surface area contributed by atoms with Crippen LogP contribution in [-0.2, 0) is 12.1 Å². The van der Waals surface area contributed by atoms with E-state index in [1.807, 2.05) is 66.7 Å². The number of fused-ring (bicyclic) bond motifs is 1. The Balaban J connectivity index is 2.07. The van der Waals surface area contributed by atoms with Gasteiger partial charge in [-0.2, -0.15) is 0 Å². The van der Waals surface area contributed by atoms with Crippen LogP contribution in [0.15, 0.2) is 97.1 Å². The highest BCUT2D eigenvalue weighted by atomic mass is 16.3. The number of nitrogens with zero attached hydrogens (tertiary/aromatic N) is 1. The molecule has 2 nitrogen and oxygen atoms in total. The van der Waals surface area contributed by atoms with Crippen molar-refractivity contribution >= 4 is 10.8 Å². The molecule has 140 valence electrons. The van der Waals surface area contributed by atoms with Crippen LogP contribution in [-0.4, -0.2) is 24.1 Å². The van der Waals surface area contributed by atoms with E-state index in [0.717, 1.165) is 34.0 Å². The van der Waals surface area contributed by atoms with Gasteiger partial charge in [0.25, 0.3) is 0 Å². The van der Waals surface area contributed by atoms with Gasteiger partial charge in [-0.3, -0.25) is 0 Å². The summed E-state index contributed by atoms with van der Waals surface area (Å²) in [6, 6.07) is 32.5. The summed E-state index contributed by atoms with van der Waals surface area (Å²) in [4.78, 5) is 2.16. The molecule has 0 aliphatic heterocycles. The Bertz CT molecular complexity index is 1030. The SMILES string of the molecule is CN(C)Cc1cccc2cccc(C(O)(c3ccccc3)c3ccccc3)c12. The van der Waals surface area contributed by atoms with E-state index in [4.69, 9.17) is 0 Å². The average Bonchev–Trinajstić information content (AvgIpc) is 2.74. The molecule has 0 saturated carbocycles. The van der Waals surface area contributed by atoms with Crippen molar-refractivity contribution in [3.8, 4) is 0 Å². The standard InChI is InChI=1S/C26H25NO/c1-27(2)19-21-13-9-11-20-12-10-18-24(25(20)21)26(28,22-14-5-3-6-15-22)23-16-7-4-8-17-23/h3-18,28H,19H2,1-2H3. The molecular formula is C26H25NO. The van der Waals surface area contributed by atoms with Crippen molar-refractivity contribution in [3.05, 3.63) is 119 Å². The third-order valence-corrected chi connectivity index (χ3v) is 5.25. The van der Waals surface area contributed by atoms with Gasteiger partial charge in [-0.05, 0) is 41.6 Å². The van der Waals surface area contributed by atoms with E-state index in [2.05, 4.69) is 49.3 Å². The van der Waals surface area contributed by atoms with E-state index in [1.165, 1.54) is 5.56 Å². The third kappa shape index (κ3) is 3.22. The summed E-state index contributed by atoms with van der Waals surface area (Å²) >= 11 is 0. The average molecular weight is 367 g/mol. The first-order valence-corrected chi connectivity index (χ1v) is 9.60. The Morgan fingerprint density at radius 2 is 1.21 bits per heavy atom. The van der Waals surface area contributed by atoms with Gasteiger partial charge in [0, 0.05) is 12.1 Å². The summed E-state index contributed by atoms with van der Waals surface area (Å²) in [5.74, 6) is 0. The molecule has 0 radical (unpaired) electrons. The largest absolute Gasteiger partial charge is 0.376 e. The fraction of sp³-hybridized carbons (Fsp3) is 0.154. The summed E-state index contributed by atoms with van der Waals surface area (Å²) in [5, 5.41) is 14.5. The molecule has 0 bridgehead atoms. The van der Waals surface area contributed by atoms with E-state index in [9.17, 15) is 5.11 Å². The predicted octanol–water partition coefficient (Wildman–Crippen LogP) is 5.19. The van der Waals surface area contributed by atoms with Crippen molar-refractivity contribution in [2.24, 2.45) is 0 Å². The lowest BCUT2D eigenvalue weighted by Crippen LogP contribution is -2.29. The fourth-order valence-electron chi connectivity index (χ4n) is 4.03. The first-order chi connectivity index (χ1) is 13.6. The lowest BCUT2D eigenvalue weighted by atomic mass is 9.77. The molecule has 4 rings (SSSR count). The number of hydrogen-bond acceptors (Lipinski definition) is 2. The molecule has 0 amide bonds. The van der Waals surface area contributed by atoms with Crippen molar-refractivity contribution in [2.45, 2.75) is 12.1 Å². The Morgan fingerprint density at radius 3 is 1.75 bits per heavy atom. The Labute approximate surface area is 166 Å². The molecule has 4 aromatic carbocycles. The number of aliphatic hydroxyl groups is 1. The highest BCUT2D eigenvalue weighted by molar-refractivity contribution is 5.90. The van der Waals surface area contributed by atoms with E-state index < -0.39 is 5.60 Å². The van der Waals surface area contributed by atoms with Gasteiger partial charge in [-0.1, -0.05) is 97.1 Å². The van der Waals surface area contributed by atoms with Crippen molar-refractivity contribution in [1.82, 2.24) is 4.90 Å². The van der Waals surface area contributed by atoms with Gasteiger partial charge in [0.15, 0.2) is 0 Å². The monoisotopic (exact) mass is 367 g/mol. The van der Waals surface area contributed by atoms with Crippen molar-refractivity contribution < 1.29 is 5.11 Å². The van der Waals surface area contributed by atoms with Gasteiger partial charge >= 0.3 is 0 Å². The maximum atomic E-state index is 12.3. The third-order valence-electron chi connectivity index (χ3n) is 5.25. The van der Waals surface area contributed by atoms with Crippen LogP contribution in [0.4, 0.5) is 0 Å². The zero-order valence-electron chi connectivity index (χ0n) is 16.3. The Morgan fingerprint density at radius 1 is 0.679 bits per heavy atom. The molecule has 0 unspecified atom stereocenters. The smallest absolute Gasteiger partial charge is 0.141 e. The molecule has 0 aliphatic carbocycles. The van der Waals surface area contributed by atoms with Gasteiger partial charge in [-0.25, -0.2) is 0 Å². The van der Waals surface area contributed by atoms with Gasteiger partial charge in [0.1, 0.15) is 5.60 Å². The quantitative estimate of drug-likeness (QED) is 0.491. The van der Waals surface area contributed by atoms with Crippen LogP contribution in [0, 0.1) is 0 Å². The number of hydrogen-bond donors (Lipinski definition) is 1. The first-order valence-electron chi connectivity index (χ1n) is 9.60. The highest BCUT2D eigenvalue weighted by Gasteiger charge is 2.35. The van der Waals surface area contributed by atoms with Crippen LogP contribution in [0.3, 0.4) is 0 Å². The molecule has 1 N–H and O–H groups in total. The summed E-state index contributed by atoms with van der Waals surface area (Å²) in [6.45, 7) is 0.814. The number of rotatable bonds is 5. The topological polar surface area (TPSA) is 23.5 Å². The fourth-order valence-corrected chi connectivity index (χ4v) is 4.03. The zero-order chi connectivity index (χ0) is 19.6. The lowest BCUT2D eigenvalue weighted by Gasteiger charge is -2.32. The molecule has 0 heterocycles. The maximum absolute atomic E-state index is 12.3. The van der Waals surface area contributed by atoms with Crippen LogP contribution in [0.25, 0.3) is 10.8 Å². The van der Waals surface area contributed by atoms with Crippen LogP contribution < -0.4 is 0 Å². The second-order valence-corrected chi connectivity index (χ2v) is 7.50. The van der Waals surface area contributed by atoms with E-state index in [-0.39, 0.29) is 0 Å². The van der Waals surface area contributed by atoms with Crippen LogP contribution >= 0.6 is 0 Å². The minimum absolute atomic E-state index is 0.814. The molecule has 0 spiro atoms. The van der Waals surface area contributed by atoms with E-state index >= 15 is 0 Å². The molecule has 0 saturated heterocycles. The summed E-state index contributed by atoms with van der Waals surface area (Å²) in [7, 11) is 4.14. The van der Waals surface area contributed by atoms with Crippen molar-refractivity contribution in [2.75, 3.05) is 14.1 Å². The summed E-state index contributed by atoms with van der Waals surface area (Å²) in [5.41, 5.74) is 2.63. The molecule has 0 aliphatic rings. The van der Waals surface area contributed by atoms with Gasteiger partial charge in [0.05, 0.1) is 0 Å². The molecule has 4 aromatic rings. The molecule has 0 atom stereocenters. The molecule has 0 fully saturated rings. The molecule has 0 aromatic heterocycles. The minimum atomic E-state index is -1.23. The predicted molar refractivity (Wildman–Crippen MR) is 116 cm³/mol. The molecule has 28 heavy (non-hydrogen) atoms. The van der Waals surface area contributed by atoms with Crippen molar-refractivity contribution in [3.63, 3.8) is 0 Å². The van der Waals surface area contributed by atoms with Crippen LogP contribution in [0.1, 0.15) is 22.3 Å². The Hall–Kier alpha value is -2.94. The second-order valence-electron chi connectivity index (χ2n) is 7.50. The highest BCUT2D eigenvalue weighted by Crippen LogP contribution is 2.41. The van der Waals surface area contributed by atoms with E-state index in [1.54, 1.807) is 0 Å². The minimum Gasteiger partial charge on any atom is -0.376 e. The lowest BCUT2D eigenvalue weighted by molar-refractivity contribution is 0.127. The summed E-state index contributed by atoms with van der Waals surface area (Å²) in [6.07, 6.45) is 0. The van der Waals surface area contributed by atoms with Gasteiger partial charge < -0.3 is 10.0 Å². The van der Waals surface area contributed by atoms with E-state index in [0.29, 0.717) is 0 Å². The number of benzene rings is 4. The Kier molecular flexibility index (Phi) is 4.99. The molecular weight excluding hydrogens is 342 g/mol. The maximum Gasteiger partial charge on any atom is 0.141 e. The van der Waals surface area contributed by atoms with Crippen LogP contribution in [0.5, 0.6) is 0 Å². The molecule has 2 heteroatoms. The second kappa shape index (κ2) is 7.59. The van der Waals surface area contributed by atoms with Gasteiger partial charge in [0.2, 0.25) is 0 Å². The summed E-state index contributed by atoms with van der Waals surface area (Å²) < 4.78 is 0.